The highest BCUT2D eigenvalue weighted by Gasteiger charge is 2.30. The number of pyridine rings is 1. The van der Waals surface area contributed by atoms with Crippen LogP contribution in [0, 0.1) is 6.92 Å². The summed E-state index contributed by atoms with van der Waals surface area (Å²) in [6.45, 7) is 5.24. The number of hydrogen-bond acceptors (Lipinski definition) is 3. The quantitative estimate of drug-likeness (QED) is 0.848. The van der Waals surface area contributed by atoms with Crippen LogP contribution in [0.2, 0.25) is 0 Å². The number of carbonyl (C=O) groups excluding carboxylic acids is 1. The normalized spacial score (nSPS) is 11.2. The summed E-state index contributed by atoms with van der Waals surface area (Å²) in [4.78, 5) is 24.5. The van der Waals surface area contributed by atoms with Gasteiger partial charge in [-0.15, -0.1) is 0 Å². The van der Waals surface area contributed by atoms with Crippen LogP contribution >= 0.6 is 0 Å². The van der Waals surface area contributed by atoms with Gasteiger partial charge in [-0.1, -0.05) is 6.07 Å². The minimum Gasteiger partial charge on any atom is -0.399 e. The van der Waals surface area contributed by atoms with Crippen molar-refractivity contribution in [1.82, 2.24) is 4.57 Å². The van der Waals surface area contributed by atoms with Gasteiger partial charge in [-0.25, -0.2) is 0 Å². The van der Waals surface area contributed by atoms with Crippen LogP contribution in [0.25, 0.3) is 0 Å². The molecule has 0 saturated heterocycles. The first-order valence-corrected chi connectivity index (χ1v) is 6.67. The van der Waals surface area contributed by atoms with Crippen molar-refractivity contribution in [2.45, 2.75) is 26.3 Å². The molecule has 1 aromatic heterocycles. The summed E-state index contributed by atoms with van der Waals surface area (Å²) in [5.74, 6) is -0.279. The molecule has 0 radical (unpaired) electrons. The number of rotatable bonds is 3. The SMILES string of the molecule is Cc1ccn(C(C)(C)C(=O)Nc2cccc(N)c2)c(=O)c1. The van der Waals surface area contributed by atoms with Gasteiger partial charge in [0.25, 0.3) is 5.56 Å². The zero-order valence-electron chi connectivity index (χ0n) is 12.4. The molecule has 2 rings (SSSR count). The molecule has 21 heavy (non-hydrogen) atoms. The first-order chi connectivity index (χ1) is 9.80. The lowest BCUT2D eigenvalue weighted by molar-refractivity contribution is -0.123. The molecule has 0 saturated carbocycles. The van der Waals surface area contributed by atoms with Crippen LogP contribution in [0.4, 0.5) is 11.4 Å². The van der Waals surface area contributed by atoms with E-state index in [1.807, 2.05) is 6.92 Å². The van der Waals surface area contributed by atoms with Crippen LogP contribution in [0.15, 0.2) is 47.4 Å². The zero-order chi connectivity index (χ0) is 15.6. The molecule has 3 N–H and O–H groups in total. The Bertz CT molecular complexity index is 732. The van der Waals surface area contributed by atoms with Crippen LogP contribution in [-0.2, 0) is 10.3 Å². The van der Waals surface area contributed by atoms with E-state index >= 15 is 0 Å². The van der Waals surface area contributed by atoms with Crippen molar-refractivity contribution in [2.75, 3.05) is 11.1 Å². The number of hydrogen-bond donors (Lipinski definition) is 2. The third kappa shape index (κ3) is 3.13. The summed E-state index contributed by atoms with van der Waals surface area (Å²) >= 11 is 0. The topological polar surface area (TPSA) is 77.1 Å². The molecule has 0 aliphatic heterocycles. The number of carbonyl (C=O) groups is 1. The Morgan fingerprint density at radius 1 is 1.24 bits per heavy atom. The van der Waals surface area contributed by atoms with Gasteiger partial charge < -0.3 is 15.6 Å². The Balaban J connectivity index is 2.30. The zero-order valence-corrected chi connectivity index (χ0v) is 12.4. The van der Waals surface area contributed by atoms with Crippen LogP contribution < -0.4 is 16.6 Å². The van der Waals surface area contributed by atoms with Crippen molar-refractivity contribution < 1.29 is 4.79 Å². The van der Waals surface area contributed by atoms with E-state index in [9.17, 15) is 9.59 Å². The monoisotopic (exact) mass is 285 g/mol. The van der Waals surface area contributed by atoms with E-state index in [4.69, 9.17) is 5.73 Å². The highest BCUT2D eigenvalue weighted by molar-refractivity contribution is 5.96. The summed E-state index contributed by atoms with van der Waals surface area (Å²) in [5, 5.41) is 2.78. The highest BCUT2D eigenvalue weighted by atomic mass is 16.2. The van der Waals surface area contributed by atoms with Gasteiger partial charge in [0, 0.05) is 23.6 Å². The number of aryl methyl sites for hydroxylation is 1. The fourth-order valence-corrected chi connectivity index (χ4v) is 2.05. The number of aromatic nitrogens is 1. The van der Waals surface area contributed by atoms with Crippen molar-refractivity contribution in [2.24, 2.45) is 0 Å². The molecule has 1 amide bonds. The van der Waals surface area contributed by atoms with Gasteiger partial charge >= 0.3 is 0 Å². The predicted molar refractivity (Wildman–Crippen MR) is 84.2 cm³/mol. The number of nitrogens with one attached hydrogen (secondary N) is 1. The molecular weight excluding hydrogens is 266 g/mol. The van der Waals surface area contributed by atoms with Crippen molar-refractivity contribution >= 4 is 17.3 Å². The van der Waals surface area contributed by atoms with Crippen LogP contribution in [0.5, 0.6) is 0 Å². The van der Waals surface area contributed by atoms with Crippen molar-refractivity contribution in [3.63, 3.8) is 0 Å². The summed E-state index contributed by atoms with van der Waals surface area (Å²) in [5.41, 5.74) is 6.52. The van der Waals surface area contributed by atoms with Gasteiger partial charge in [-0.3, -0.25) is 9.59 Å². The second kappa shape index (κ2) is 5.44. The Labute approximate surface area is 123 Å². The van der Waals surface area contributed by atoms with Crippen LogP contribution in [0.1, 0.15) is 19.4 Å². The van der Waals surface area contributed by atoms with Gasteiger partial charge in [0.05, 0.1) is 0 Å². The maximum Gasteiger partial charge on any atom is 0.251 e. The molecule has 0 aliphatic carbocycles. The number of anilines is 2. The average molecular weight is 285 g/mol. The second-order valence-corrected chi connectivity index (χ2v) is 5.55. The van der Waals surface area contributed by atoms with Gasteiger partial charge in [0.15, 0.2) is 0 Å². The van der Waals surface area contributed by atoms with Crippen molar-refractivity contribution in [1.29, 1.82) is 0 Å². The Morgan fingerprint density at radius 2 is 1.95 bits per heavy atom. The molecule has 5 heteroatoms. The highest BCUT2D eigenvalue weighted by Crippen LogP contribution is 2.18. The molecule has 1 heterocycles. The summed E-state index contributed by atoms with van der Waals surface area (Å²) < 4.78 is 1.42. The molecule has 0 bridgehead atoms. The van der Waals surface area contributed by atoms with Gasteiger partial charge in [-0.05, 0) is 50.6 Å². The minimum absolute atomic E-state index is 0.206. The van der Waals surface area contributed by atoms with Crippen molar-refractivity contribution in [3.05, 3.63) is 58.5 Å². The fourth-order valence-electron chi connectivity index (χ4n) is 2.05. The molecule has 0 fully saturated rings. The van der Waals surface area contributed by atoms with E-state index in [0.717, 1.165) is 5.56 Å². The van der Waals surface area contributed by atoms with E-state index in [1.54, 1.807) is 50.4 Å². The first kappa shape index (κ1) is 14.8. The van der Waals surface area contributed by atoms with E-state index < -0.39 is 5.54 Å². The van der Waals surface area contributed by atoms with E-state index in [2.05, 4.69) is 5.32 Å². The Hall–Kier alpha value is -2.56. The molecule has 110 valence electrons. The summed E-state index contributed by atoms with van der Waals surface area (Å²) in [6, 6.07) is 10.2. The second-order valence-electron chi connectivity index (χ2n) is 5.55. The lowest BCUT2D eigenvalue weighted by atomic mass is 10.0. The molecule has 0 spiro atoms. The standard InChI is InChI=1S/C16H19N3O2/c1-11-7-8-19(14(20)9-11)16(2,3)15(21)18-13-6-4-5-12(17)10-13/h4-10H,17H2,1-3H3,(H,18,21). The summed E-state index contributed by atoms with van der Waals surface area (Å²) in [6.07, 6.45) is 1.64. The number of amides is 1. The number of nitrogen functional groups attached to an aromatic ring is 1. The van der Waals surface area contributed by atoms with E-state index in [-0.39, 0.29) is 11.5 Å². The first-order valence-electron chi connectivity index (χ1n) is 6.67. The minimum atomic E-state index is -1.00. The maximum atomic E-state index is 12.5. The molecule has 0 aliphatic rings. The van der Waals surface area contributed by atoms with Crippen LogP contribution in [-0.4, -0.2) is 10.5 Å². The van der Waals surface area contributed by atoms with Gasteiger partial charge in [-0.2, -0.15) is 0 Å². The molecule has 5 nitrogen and oxygen atoms in total. The molecule has 0 atom stereocenters. The molecule has 1 aromatic carbocycles. The average Bonchev–Trinajstić information content (AvgIpc) is 2.38. The van der Waals surface area contributed by atoms with Gasteiger partial charge in [0.1, 0.15) is 5.54 Å². The van der Waals surface area contributed by atoms with E-state index in [1.165, 1.54) is 10.6 Å². The largest absolute Gasteiger partial charge is 0.399 e. The Morgan fingerprint density at radius 3 is 2.57 bits per heavy atom. The van der Waals surface area contributed by atoms with Gasteiger partial charge in [0.2, 0.25) is 5.91 Å². The van der Waals surface area contributed by atoms with Crippen LogP contribution in [0.3, 0.4) is 0 Å². The lowest BCUT2D eigenvalue weighted by Crippen LogP contribution is -2.45. The third-order valence-corrected chi connectivity index (χ3v) is 3.38. The smallest absolute Gasteiger partial charge is 0.251 e. The molecule has 0 unspecified atom stereocenters. The van der Waals surface area contributed by atoms with Crippen molar-refractivity contribution in [3.8, 4) is 0 Å². The molecule has 2 aromatic rings. The fraction of sp³-hybridized carbons (Fsp3) is 0.250. The third-order valence-electron chi connectivity index (χ3n) is 3.38. The predicted octanol–water partition coefficient (Wildman–Crippen LogP) is 2.11. The number of nitrogens with zero attached hydrogens (tertiary/aromatic N) is 1. The summed E-state index contributed by atoms with van der Waals surface area (Å²) in [7, 11) is 0. The molecular formula is C16H19N3O2. The lowest BCUT2D eigenvalue weighted by Gasteiger charge is -2.26. The maximum absolute atomic E-state index is 12.5. The number of nitrogens with two attached hydrogens (primary N) is 1. The number of benzene rings is 1. The van der Waals surface area contributed by atoms with E-state index in [0.29, 0.717) is 11.4 Å². The Kier molecular flexibility index (Phi) is 3.84.